The highest BCUT2D eigenvalue weighted by Crippen LogP contribution is 2.29. The van der Waals surface area contributed by atoms with E-state index in [9.17, 15) is 14.4 Å². The first kappa shape index (κ1) is 19.9. The second-order valence-corrected chi connectivity index (χ2v) is 7.26. The van der Waals surface area contributed by atoms with Gasteiger partial charge in [-0.25, -0.2) is 4.79 Å². The van der Waals surface area contributed by atoms with E-state index in [0.717, 1.165) is 32.1 Å². The number of carbonyl (C=O) groups is 3. The number of carbonyl (C=O) groups excluding carboxylic acids is 3. The molecule has 0 spiro atoms. The second-order valence-electron chi connectivity index (χ2n) is 7.26. The van der Waals surface area contributed by atoms with Gasteiger partial charge in [0.15, 0.2) is 0 Å². The van der Waals surface area contributed by atoms with E-state index in [1.165, 1.54) is 12.8 Å². The Hall–Kier alpha value is -1.43. The van der Waals surface area contributed by atoms with E-state index in [2.05, 4.69) is 0 Å². The Balaban J connectivity index is 2.04. The maximum atomic E-state index is 12.7. The van der Waals surface area contributed by atoms with Gasteiger partial charge in [0.25, 0.3) is 0 Å². The standard InChI is InChI=1S/C19H32N2O4/c20-11-13-25-19(24)21-12-10-15-16(14-21)18(23)9-7-5-3-1-2-4-6-8-17(15)22/h15-16H,1-14,20H2. The predicted molar refractivity (Wildman–Crippen MR) is 95.1 cm³/mol. The monoisotopic (exact) mass is 352 g/mol. The average Bonchev–Trinajstić information content (AvgIpc) is 2.64. The number of rotatable bonds is 2. The van der Waals surface area contributed by atoms with Crippen LogP contribution in [0.2, 0.25) is 0 Å². The third-order valence-corrected chi connectivity index (χ3v) is 5.39. The Bertz CT molecular complexity index is 466. The normalized spacial score (nSPS) is 26.8. The number of nitrogens with two attached hydrogens (primary N) is 1. The summed E-state index contributed by atoms with van der Waals surface area (Å²) in [5.41, 5.74) is 5.37. The topological polar surface area (TPSA) is 89.7 Å². The van der Waals surface area contributed by atoms with Crippen LogP contribution in [0.15, 0.2) is 0 Å². The first-order valence-corrected chi connectivity index (χ1v) is 9.80. The van der Waals surface area contributed by atoms with Crippen molar-refractivity contribution in [3.63, 3.8) is 0 Å². The fraction of sp³-hybridized carbons (Fsp3) is 0.842. The van der Waals surface area contributed by atoms with Gasteiger partial charge in [0.1, 0.15) is 18.2 Å². The maximum Gasteiger partial charge on any atom is 0.409 e. The van der Waals surface area contributed by atoms with E-state index in [1.54, 1.807) is 4.90 Å². The number of hydrogen-bond donors (Lipinski definition) is 1. The van der Waals surface area contributed by atoms with Crippen molar-refractivity contribution in [3.05, 3.63) is 0 Å². The summed E-state index contributed by atoms with van der Waals surface area (Å²) in [7, 11) is 0. The number of Topliss-reactive ketones (excluding diaryl/α,β-unsaturated/α-hetero) is 2. The summed E-state index contributed by atoms with van der Waals surface area (Å²) < 4.78 is 5.09. The molecule has 1 heterocycles. The average molecular weight is 352 g/mol. The Kier molecular flexibility index (Phi) is 8.38. The fourth-order valence-electron chi connectivity index (χ4n) is 3.92. The number of ketones is 2. The number of ether oxygens (including phenoxy) is 1. The van der Waals surface area contributed by atoms with E-state index in [-0.39, 0.29) is 36.6 Å². The summed E-state index contributed by atoms with van der Waals surface area (Å²) in [5.74, 6) is -0.263. The van der Waals surface area contributed by atoms with Crippen molar-refractivity contribution >= 4 is 17.7 Å². The number of piperidine rings is 1. The van der Waals surface area contributed by atoms with Crippen LogP contribution < -0.4 is 5.73 Å². The molecule has 6 heteroatoms. The van der Waals surface area contributed by atoms with Gasteiger partial charge >= 0.3 is 6.09 Å². The summed E-state index contributed by atoms with van der Waals surface area (Å²) in [6, 6.07) is 0. The Morgan fingerprint density at radius 2 is 1.52 bits per heavy atom. The first-order valence-electron chi connectivity index (χ1n) is 9.80. The molecule has 1 aliphatic heterocycles. The number of nitrogens with zero attached hydrogens (tertiary/aromatic N) is 1. The van der Waals surface area contributed by atoms with Crippen LogP contribution in [0.4, 0.5) is 4.79 Å². The van der Waals surface area contributed by atoms with E-state index in [0.29, 0.717) is 32.4 Å². The molecule has 2 unspecified atom stereocenters. The molecule has 0 radical (unpaired) electrons. The SMILES string of the molecule is NCCOC(=O)N1CCC2C(=O)CCCCCCCCCC(=O)C2C1. The number of fused-ring (bicyclic) bond motifs is 1. The number of amides is 1. The van der Waals surface area contributed by atoms with Gasteiger partial charge < -0.3 is 15.4 Å². The minimum atomic E-state index is -0.424. The molecular formula is C19H32N2O4. The largest absolute Gasteiger partial charge is 0.448 e. The van der Waals surface area contributed by atoms with Gasteiger partial charge in [0.2, 0.25) is 0 Å². The summed E-state index contributed by atoms with van der Waals surface area (Å²) in [4.78, 5) is 39.0. The lowest BCUT2D eigenvalue weighted by molar-refractivity contribution is -0.135. The summed E-state index contributed by atoms with van der Waals surface area (Å²) in [5, 5.41) is 0. The Labute approximate surface area is 150 Å². The van der Waals surface area contributed by atoms with Crippen LogP contribution >= 0.6 is 0 Å². The lowest BCUT2D eigenvalue weighted by Crippen LogP contribution is -2.49. The van der Waals surface area contributed by atoms with Crippen LogP contribution in [0.3, 0.4) is 0 Å². The van der Waals surface area contributed by atoms with Gasteiger partial charge in [-0.15, -0.1) is 0 Å². The fourth-order valence-corrected chi connectivity index (χ4v) is 3.92. The van der Waals surface area contributed by atoms with Crippen LogP contribution in [0.1, 0.15) is 64.2 Å². The van der Waals surface area contributed by atoms with Crippen molar-refractivity contribution < 1.29 is 19.1 Å². The molecule has 25 heavy (non-hydrogen) atoms. The molecule has 2 aliphatic rings. The second kappa shape index (κ2) is 10.5. The van der Waals surface area contributed by atoms with E-state index in [4.69, 9.17) is 10.5 Å². The molecule has 2 N–H and O–H groups in total. The van der Waals surface area contributed by atoms with Crippen molar-refractivity contribution in [1.82, 2.24) is 4.90 Å². The molecule has 142 valence electrons. The Morgan fingerprint density at radius 3 is 2.12 bits per heavy atom. The minimum Gasteiger partial charge on any atom is -0.448 e. The molecular weight excluding hydrogens is 320 g/mol. The lowest BCUT2D eigenvalue weighted by atomic mass is 9.77. The quantitative estimate of drug-likeness (QED) is 0.825. The molecule has 6 nitrogen and oxygen atoms in total. The molecule has 1 aliphatic carbocycles. The third-order valence-electron chi connectivity index (χ3n) is 5.39. The molecule has 2 atom stereocenters. The minimum absolute atomic E-state index is 0.133. The van der Waals surface area contributed by atoms with Crippen molar-refractivity contribution in [1.29, 1.82) is 0 Å². The van der Waals surface area contributed by atoms with E-state index < -0.39 is 6.09 Å². The summed E-state index contributed by atoms with van der Waals surface area (Å²) in [6.07, 6.45) is 8.70. The third kappa shape index (κ3) is 6.10. The van der Waals surface area contributed by atoms with Crippen molar-refractivity contribution in [2.45, 2.75) is 64.2 Å². The van der Waals surface area contributed by atoms with Crippen LogP contribution in [0.5, 0.6) is 0 Å². The highest BCUT2D eigenvalue weighted by molar-refractivity contribution is 5.90. The van der Waals surface area contributed by atoms with Crippen LogP contribution in [0.25, 0.3) is 0 Å². The number of likely N-dealkylation sites (tertiary alicyclic amines) is 1. The van der Waals surface area contributed by atoms with Gasteiger partial charge in [0.05, 0.1) is 0 Å². The molecule has 0 aromatic carbocycles. The van der Waals surface area contributed by atoms with Gasteiger partial charge in [-0.05, 0) is 19.3 Å². The predicted octanol–water partition coefficient (Wildman–Crippen LogP) is 2.68. The van der Waals surface area contributed by atoms with Gasteiger partial charge in [-0.2, -0.15) is 0 Å². The highest BCUT2D eigenvalue weighted by atomic mass is 16.6. The molecule has 2 rings (SSSR count). The zero-order valence-electron chi connectivity index (χ0n) is 15.2. The molecule has 0 bridgehead atoms. The van der Waals surface area contributed by atoms with Crippen molar-refractivity contribution in [2.24, 2.45) is 17.6 Å². The molecule has 1 amide bonds. The van der Waals surface area contributed by atoms with E-state index in [1.807, 2.05) is 0 Å². The summed E-state index contributed by atoms with van der Waals surface area (Å²) in [6.45, 7) is 1.24. The lowest BCUT2D eigenvalue weighted by Gasteiger charge is -2.36. The van der Waals surface area contributed by atoms with E-state index >= 15 is 0 Å². The molecule has 0 aromatic rings. The molecule has 2 fully saturated rings. The zero-order chi connectivity index (χ0) is 18.1. The summed E-state index contributed by atoms with van der Waals surface area (Å²) >= 11 is 0. The molecule has 1 saturated heterocycles. The van der Waals surface area contributed by atoms with Crippen molar-refractivity contribution in [3.8, 4) is 0 Å². The molecule has 1 saturated carbocycles. The number of hydrogen-bond acceptors (Lipinski definition) is 5. The first-order chi connectivity index (χ1) is 12.1. The van der Waals surface area contributed by atoms with Crippen molar-refractivity contribution in [2.75, 3.05) is 26.2 Å². The molecule has 0 aromatic heterocycles. The van der Waals surface area contributed by atoms with Crippen LogP contribution in [-0.4, -0.2) is 48.8 Å². The van der Waals surface area contributed by atoms with Gasteiger partial charge in [-0.3, -0.25) is 9.59 Å². The van der Waals surface area contributed by atoms with Crippen LogP contribution in [0, 0.1) is 11.8 Å². The maximum absolute atomic E-state index is 12.7. The Morgan fingerprint density at radius 1 is 0.960 bits per heavy atom. The van der Waals surface area contributed by atoms with Crippen LogP contribution in [-0.2, 0) is 14.3 Å². The van der Waals surface area contributed by atoms with Gasteiger partial charge in [0, 0.05) is 44.3 Å². The smallest absolute Gasteiger partial charge is 0.409 e. The zero-order valence-corrected chi connectivity index (χ0v) is 15.2. The van der Waals surface area contributed by atoms with Gasteiger partial charge in [-0.1, -0.05) is 32.1 Å². The highest BCUT2D eigenvalue weighted by Gasteiger charge is 2.39.